The van der Waals surface area contributed by atoms with Gasteiger partial charge in [-0.3, -0.25) is 4.90 Å². The molecule has 1 aromatic rings. The van der Waals surface area contributed by atoms with E-state index in [9.17, 15) is 0 Å². The lowest BCUT2D eigenvalue weighted by molar-refractivity contribution is 0.0911. The van der Waals surface area contributed by atoms with Gasteiger partial charge in [-0.1, -0.05) is 20.8 Å². The molecule has 1 rings (SSSR count). The van der Waals surface area contributed by atoms with Gasteiger partial charge >= 0.3 is 0 Å². The van der Waals surface area contributed by atoms with Crippen LogP contribution in [0.15, 0.2) is 15.2 Å². The number of thiophene rings is 1. The van der Waals surface area contributed by atoms with Crippen molar-refractivity contribution in [2.75, 3.05) is 19.6 Å². The van der Waals surface area contributed by atoms with Crippen LogP contribution in [-0.2, 0) is 0 Å². The van der Waals surface area contributed by atoms with Gasteiger partial charge in [0.1, 0.15) is 0 Å². The Balaban J connectivity index is 3.05. The van der Waals surface area contributed by atoms with E-state index in [0.717, 1.165) is 26.1 Å². The summed E-state index contributed by atoms with van der Waals surface area (Å²) in [6.45, 7) is 14.6. The summed E-state index contributed by atoms with van der Waals surface area (Å²) in [6, 6.07) is 0.355. The molecule has 0 saturated carbocycles. The van der Waals surface area contributed by atoms with Crippen molar-refractivity contribution in [1.82, 2.24) is 10.2 Å². The van der Waals surface area contributed by atoms with Crippen molar-refractivity contribution in [2.24, 2.45) is 0 Å². The van der Waals surface area contributed by atoms with E-state index < -0.39 is 0 Å². The van der Waals surface area contributed by atoms with Crippen molar-refractivity contribution in [3.05, 3.63) is 20.8 Å². The van der Waals surface area contributed by atoms with Crippen LogP contribution < -0.4 is 5.32 Å². The number of nitrogens with one attached hydrogen (secondary N) is 1. The molecule has 19 heavy (non-hydrogen) atoms. The van der Waals surface area contributed by atoms with Crippen LogP contribution in [0.25, 0.3) is 0 Å². The van der Waals surface area contributed by atoms with Gasteiger partial charge in [-0.2, -0.15) is 11.3 Å². The van der Waals surface area contributed by atoms with Crippen molar-refractivity contribution in [3.63, 3.8) is 0 Å². The number of nitrogens with zero attached hydrogens (tertiary/aromatic N) is 1. The Morgan fingerprint density at radius 1 is 1.26 bits per heavy atom. The molecular formula is C15H27BrN2S. The van der Waals surface area contributed by atoms with Crippen molar-refractivity contribution >= 4 is 27.3 Å². The van der Waals surface area contributed by atoms with E-state index >= 15 is 0 Å². The average Bonchev–Trinajstić information content (AvgIpc) is 2.77. The third-order valence-electron chi connectivity index (χ3n) is 3.84. The van der Waals surface area contributed by atoms with Crippen molar-refractivity contribution < 1.29 is 0 Å². The van der Waals surface area contributed by atoms with Crippen molar-refractivity contribution in [1.29, 1.82) is 0 Å². The van der Waals surface area contributed by atoms with Crippen LogP contribution >= 0.6 is 27.3 Å². The predicted octanol–water partition coefficient (Wildman–Crippen LogP) is 4.67. The summed E-state index contributed by atoms with van der Waals surface area (Å²) >= 11 is 5.46. The summed E-state index contributed by atoms with van der Waals surface area (Å²) in [5, 5.41) is 8.18. The molecule has 1 heterocycles. The minimum absolute atomic E-state index is 0.0995. The lowest BCUT2D eigenvalue weighted by Gasteiger charge is -2.44. The molecule has 0 radical (unpaired) electrons. The summed E-state index contributed by atoms with van der Waals surface area (Å²) in [6.07, 6.45) is 1.16. The molecule has 1 atom stereocenters. The van der Waals surface area contributed by atoms with Gasteiger partial charge in [0.15, 0.2) is 0 Å². The maximum Gasteiger partial charge on any atom is 0.0521 e. The smallest absolute Gasteiger partial charge is 0.0521 e. The Bertz CT molecular complexity index is 372. The maximum absolute atomic E-state index is 3.74. The first kappa shape index (κ1) is 17.2. The summed E-state index contributed by atoms with van der Waals surface area (Å²) < 4.78 is 1.23. The molecule has 0 aliphatic carbocycles. The molecule has 0 bridgehead atoms. The monoisotopic (exact) mass is 346 g/mol. The first-order valence-electron chi connectivity index (χ1n) is 7.18. The first-order chi connectivity index (χ1) is 8.98. The van der Waals surface area contributed by atoms with E-state index in [0.29, 0.717) is 6.04 Å². The minimum Gasteiger partial charge on any atom is -0.308 e. The van der Waals surface area contributed by atoms with Gasteiger partial charge < -0.3 is 5.32 Å². The lowest BCUT2D eigenvalue weighted by Crippen LogP contribution is -2.52. The fourth-order valence-corrected chi connectivity index (χ4v) is 4.30. The van der Waals surface area contributed by atoms with E-state index in [1.54, 1.807) is 11.3 Å². The highest BCUT2D eigenvalue weighted by atomic mass is 79.9. The Kier molecular flexibility index (Phi) is 7.01. The minimum atomic E-state index is 0.0995. The second-order valence-electron chi connectivity index (χ2n) is 5.39. The highest BCUT2D eigenvalue weighted by molar-refractivity contribution is 9.10. The van der Waals surface area contributed by atoms with Gasteiger partial charge in [-0.25, -0.2) is 0 Å². The molecule has 1 N–H and O–H groups in total. The van der Waals surface area contributed by atoms with Gasteiger partial charge in [-0.05, 0) is 66.8 Å². The van der Waals surface area contributed by atoms with Gasteiger partial charge in [0, 0.05) is 15.4 Å². The fourth-order valence-electron chi connectivity index (χ4n) is 2.75. The van der Waals surface area contributed by atoms with Crippen LogP contribution in [0.5, 0.6) is 0 Å². The number of hydrogen-bond acceptors (Lipinski definition) is 3. The van der Waals surface area contributed by atoms with E-state index in [1.807, 2.05) is 0 Å². The molecule has 0 aliphatic heterocycles. The van der Waals surface area contributed by atoms with Crippen molar-refractivity contribution in [2.45, 2.75) is 52.6 Å². The molecular weight excluding hydrogens is 320 g/mol. The number of halogens is 1. The van der Waals surface area contributed by atoms with Gasteiger partial charge in [-0.15, -0.1) is 0 Å². The Morgan fingerprint density at radius 3 is 2.32 bits per heavy atom. The normalized spacial score (nSPS) is 14.1. The standard InChI is InChI=1S/C15H27BrN2S/c1-6-9-17-14(12-10-19-11-13(12)16)15(4,5)18(7-2)8-3/h10-11,14,17H,6-9H2,1-5H3. The second kappa shape index (κ2) is 7.77. The third kappa shape index (κ3) is 4.03. The number of likely N-dealkylation sites (N-methyl/N-ethyl adjacent to an activating group) is 1. The molecule has 2 nitrogen and oxygen atoms in total. The highest BCUT2D eigenvalue weighted by Crippen LogP contribution is 2.36. The van der Waals surface area contributed by atoms with Gasteiger partial charge in [0.25, 0.3) is 0 Å². The molecule has 0 amide bonds. The third-order valence-corrected chi connectivity index (χ3v) is 5.59. The Labute approximate surface area is 130 Å². The zero-order valence-electron chi connectivity index (χ0n) is 12.8. The lowest BCUT2D eigenvalue weighted by atomic mass is 9.88. The van der Waals surface area contributed by atoms with E-state index in [1.165, 1.54) is 10.0 Å². The van der Waals surface area contributed by atoms with Crippen molar-refractivity contribution in [3.8, 4) is 0 Å². The average molecular weight is 347 g/mol. The fraction of sp³-hybridized carbons (Fsp3) is 0.733. The largest absolute Gasteiger partial charge is 0.308 e. The zero-order valence-corrected chi connectivity index (χ0v) is 15.2. The number of hydrogen-bond donors (Lipinski definition) is 1. The molecule has 0 fully saturated rings. The molecule has 0 spiro atoms. The zero-order chi connectivity index (χ0) is 14.5. The molecule has 1 unspecified atom stereocenters. The molecule has 1 aromatic heterocycles. The summed E-state index contributed by atoms with van der Waals surface area (Å²) in [7, 11) is 0. The van der Waals surface area contributed by atoms with Crippen LogP contribution in [0.3, 0.4) is 0 Å². The molecule has 0 aromatic carbocycles. The quantitative estimate of drug-likeness (QED) is 0.735. The van der Waals surface area contributed by atoms with E-state index in [2.05, 4.69) is 71.5 Å². The highest BCUT2D eigenvalue weighted by Gasteiger charge is 2.35. The SMILES string of the molecule is CCCNC(c1cscc1Br)C(C)(C)N(CC)CC. The van der Waals surface area contributed by atoms with E-state index in [-0.39, 0.29) is 5.54 Å². The topological polar surface area (TPSA) is 15.3 Å². The predicted molar refractivity (Wildman–Crippen MR) is 90.1 cm³/mol. The Morgan fingerprint density at radius 2 is 1.89 bits per heavy atom. The summed E-state index contributed by atoms with van der Waals surface area (Å²) in [5.74, 6) is 0. The Hall–Kier alpha value is 0.1000. The molecule has 0 aliphatic rings. The van der Waals surface area contributed by atoms with E-state index in [4.69, 9.17) is 0 Å². The summed E-state index contributed by atoms with van der Waals surface area (Å²) in [5.41, 5.74) is 1.48. The van der Waals surface area contributed by atoms with Crippen LogP contribution in [0.2, 0.25) is 0 Å². The van der Waals surface area contributed by atoms with Crippen LogP contribution in [0.1, 0.15) is 52.6 Å². The van der Waals surface area contributed by atoms with Crippen LogP contribution in [0.4, 0.5) is 0 Å². The molecule has 4 heteroatoms. The molecule has 110 valence electrons. The summed E-state index contributed by atoms with van der Waals surface area (Å²) in [4.78, 5) is 2.53. The van der Waals surface area contributed by atoms with Crippen LogP contribution in [-0.4, -0.2) is 30.1 Å². The number of rotatable bonds is 8. The van der Waals surface area contributed by atoms with Gasteiger partial charge in [0.05, 0.1) is 6.04 Å². The van der Waals surface area contributed by atoms with Crippen LogP contribution in [0, 0.1) is 0 Å². The second-order valence-corrected chi connectivity index (χ2v) is 6.99. The first-order valence-corrected chi connectivity index (χ1v) is 8.92. The molecule has 0 saturated heterocycles. The maximum atomic E-state index is 3.74. The van der Waals surface area contributed by atoms with Gasteiger partial charge in [0.2, 0.25) is 0 Å².